The average Bonchev–Trinajstić information content (AvgIpc) is 3.11. The molecule has 0 unspecified atom stereocenters. The van der Waals surface area contributed by atoms with Crippen molar-refractivity contribution in [2.24, 2.45) is 34.5 Å². The number of Topliss-reactive ketones (excluding diaryl/α,β-unsaturated/α-hetero) is 1. The van der Waals surface area contributed by atoms with E-state index in [4.69, 9.17) is 9.47 Å². The average molecular weight is 463 g/mol. The monoisotopic (exact) mass is 462 g/mol. The van der Waals surface area contributed by atoms with E-state index in [1.807, 2.05) is 6.07 Å². The molecule has 3 heteroatoms. The third-order valence-electron chi connectivity index (χ3n) is 10.9. The Morgan fingerprint density at radius 1 is 0.971 bits per heavy atom. The highest BCUT2D eigenvalue weighted by Gasteiger charge is 2.61. The molecule has 5 aliphatic rings. The van der Waals surface area contributed by atoms with Gasteiger partial charge in [-0.15, -0.1) is 0 Å². The highest BCUT2D eigenvalue weighted by molar-refractivity contribution is 6.05. The van der Waals surface area contributed by atoms with Crippen LogP contribution in [-0.4, -0.2) is 24.8 Å². The second-order valence-corrected chi connectivity index (χ2v) is 12.6. The molecule has 0 N–H and O–H groups in total. The highest BCUT2D eigenvalue weighted by Crippen LogP contribution is 2.66. The van der Waals surface area contributed by atoms with Gasteiger partial charge in [0, 0.05) is 12.0 Å². The van der Waals surface area contributed by atoms with Crippen LogP contribution in [0.3, 0.4) is 0 Å². The molecule has 3 nitrogen and oxygen atoms in total. The zero-order valence-corrected chi connectivity index (χ0v) is 21.1. The molecule has 1 aromatic rings. The number of allylic oxidation sites excluding steroid dienone is 1. The van der Waals surface area contributed by atoms with E-state index in [9.17, 15) is 4.79 Å². The second kappa shape index (κ2) is 8.89. The number of ether oxygens (including phenoxy) is 2. The van der Waals surface area contributed by atoms with E-state index in [0.717, 1.165) is 43.3 Å². The first kappa shape index (κ1) is 23.0. The summed E-state index contributed by atoms with van der Waals surface area (Å²) in [5.41, 5.74) is 2.51. The van der Waals surface area contributed by atoms with Gasteiger partial charge < -0.3 is 9.47 Å². The lowest BCUT2D eigenvalue weighted by atomic mass is 9.45. The Bertz CT molecular complexity index is 931. The Kier molecular flexibility index (Phi) is 6.01. The van der Waals surface area contributed by atoms with Gasteiger partial charge in [-0.05, 0) is 117 Å². The minimum Gasteiger partial charge on any atom is -0.353 e. The summed E-state index contributed by atoms with van der Waals surface area (Å²) in [6.45, 7) is 5.76. The fraction of sp³-hybridized carbons (Fsp3) is 0.710. The zero-order chi connectivity index (χ0) is 23.3. The van der Waals surface area contributed by atoms with E-state index in [-0.39, 0.29) is 11.7 Å². The molecule has 0 radical (unpaired) electrons. The lowest BCUT2D eigenvalue weighted by molar-refractivity contribution is -0.211. The maximum absolute atomic E-state index is 13.6. The Morgan fingerprint density at radius 2 is 1.82 bits per heavy atom. The third-order valence-corrected chi connectivity index (χ3v) is 10.9. The number of carbonyl (C=O) groups excluding carboxylic acids is 1. The van der Waals surface area contributed by atoms with Gasteiger partial charge >= 0.3 is 0 Å². The van der Waals surface area contributed by atoms with E-state index in [0.29, 0.717) is 29.1 Å². The quantitative estimate of drug-likeness (QED) is 0.352. The van der Waals surface area contributed by atoms with Crippen LogP contribution in [-0.2, 0) is 14.3 Å². The molecule has 0 spiro atoms. The molecule has 0 aromatic heterocycles. The summed E-state index contributed by atoms with van der Waals surface area (Å²) >= 11 is 0. The van der Waals surface area contributed by atoms with Crippen molar-refractivity contribution < 1.29 is 14.3 Å². The molecule has 1 saturated heterocycles. The number of benzene rings is 1. The third kappa shape index (κ3) is 3.82. The summed E-state index contributed by atoms with van der Waals surface area (Å²) in [6, 6.07) is 10.4. The predicted molar refractivity (Wildman–Crippen MR) is 135 cm³/mol. The minimum absolute atomic E-state index is 0.0363. The summed E-state index contributed by atoms with van der Waals surface area (Å²) in [7, 11) is 0. The molecule has 6 rings (SSSR count). The van der Waals surface area contributed by atoms with E-state index >= 15 is 0 Å². The van der Waals surface area contributed by atoms with Crippen molar-refractivity contribution in [3.05, 3.63) is 41.5 Å². The molecule has 184 valence electrons. The SMILES string of the molecule is C[C@]12CC[C@@H](O[C@@H]3CCCCO3)C[C@@H]1CC[C@@H]1[C@@H]2CC[C@]2(C)C(=O)/C(=C/c3ccccc3)C[C@@H]12. The molecule has 0 bridgehead atoms. The summed E-state index contributed by atoms with van der Waals surface area (Å²) in [5.74, 6) is 3.19. The Hall–Kier alpha value is -1.45. The molecule has 1 aliphatic heterocycles. The van der Waals surface area contributed by atoms with Crippen molar-refractivity contribution in [1.29, 1.82) is 0 Å². The van der Waals surface area contributed by atoms with E-state index in [1.165, 1.54) is 56.9 Å². The van der Waals surface area contributed by atoms with Crippen LogP contribution in [0.2, 0.25) is 0 Å². The molecule has 34 heavy (non-hydrogen) atoms. The fourth-order valence-electron chi connectivity index (χ4n) is 8.93. The van der Waals surface area contributed by atoms with Gasteiger partial charge in [-0.2, -0.15) is 0 Å². The molecular weight excluding hydrogens is 420 g/mol. The Morgan fingerprint density at radius 3 is 2.62 bits per heavy atom. The van der Waals surface area contributed by atoms with E-state index < -0.39 is 0 Å². The van der Waals surface area contributed by atoms with Gasteiger partial charge in [0.2, 0.25) is 0 Å². The Labute approximate surface area is 205 Å². The van der Waals surface area contributed by atoms with Gasteiger partial charge in [-0.3, -0.25) is 4.79 Å². The summed E-state index contributed by atoms with van der Waals surface area (Å²) in [6.07, 6.45) is 15.6. The lowest BCUT2D eigenvalue weighted by Gasteiger charge is -2.60. The van der Waals surface area contributed by atoms with E-state index in [1.54, 1.807) is 0 Å². The summed E-state index contributed by atoms with van der Waals surface area (Å²) in [4.78, 5) is 13.6. The number of hydrogen-bond donors (Lipinski definition) is 0. The Balaban J connectivity index is 1.18. The first-order valence-corrected chi connectivity index (χ1v) is 14.0. The van der Waals surface area contributed by atoms with Gasteiger partial charge in [0.1, 0.15) is 0 Å². The van der Waals surface area contributed by atoms with Crippen LogP contribution in [0.15, 0.2) is 35.9 Å². The van der Waals surface area contributed by atoms with Crippen LogP contribution < -0.4 is 0 Å². The van der Waals surface area contributed by atoms with Crippen molar-refractivity contribution in [1.82, 2.24) is 0 Å². The molecule has 1 heterocycles. The van der Waals surface area contributed by atoms with Crippen LogP contribution in [0.25, 0.3) is 6.08 Å². The standard InChI is InChI=1S/C31H42O3/c1-30-15-13-24(34-28-10-6-7-17-33-28)20-23(30)11-12-25-26(30)14-16-31(2)27(25)19-22(29(31)32)18-21-8-4-3-5-9-21/h3-5,8-9,18,23-28H,6-7,10-17,19-20H2,1-2H3/b22-18+/t23-,24+,25+,26-,27-,28+,30-,31-/m0/s1. The van der Waals surface area contributed by atoms with Crippen LogP contribution in [0.5, 0.6) is 0 Å². The maximum Gasteiger partial charge on any atom is 0.165 e. The van der Waals surface area contributed by atoms with Crippen molar-refractivity contribution >= 4 is 11.9 Å². The number of fused-ring (bicyclic) bond motifs is 5. The van der Waals surface area contributed by atoms with Crippen LogP contribution in [0.4, 0.5) is 0 Å². The number of rotatable bonds is 3. The molecule has 4 aliphatic carbocycles. The van der Waals surface area contributed by atoms with Gasteiger partial charge in [0.15, 0.2) is 12.1 Å². The molecule has 5 fully saturated rings. The maximum atomic E-state index is 13.6. The number of hydrogen-bond acceptors (Lipinski definition) is 3. The van der Waals surface area contributed by atoms with Gasteiger partial charge in [0.05, 0.1) is 6.10 Å². The topological polar surface area (TPSA) is 35.5 Å². The number of ketones is 1. The second-order valence-electron chi connectivity index (χ2n) is 12.6. The van der Waals surface area contributed by atoms with Crippen molar-refractivity contribution in [2.45, 2.75) is 96.9 Å². The summed E-state index contributed by atoms with van der Waals surface area (Å²) < 4.78 is 12.3. The van der Waals surface area contributed by atoms with Crippen LogP contribution >= 0.6 is 0 Å². The van der Waals surface area contributed by atoms with Crippen molar-refractivity contribution in [2.75, 3.05) is 6.61 Å². The minimum atomic E-state index is -0.149. The molecule has 0 amide bonds. The molecular formula is C31H42O3. The molecule has 1 aromatic carbocycles. The number of carbonyl (C=O) groups is 1. The van der Waals surface area contributed by atoms with Gasteiger partial charge in [-0.1, -0.05) is 44.2 Å². The van der Waals surface area contributed by atoms with Crippen LogP contribution in [0, 0.1) is 34.5 Å². The zero-order valence-electron chi connectivity index (χ0n) is 21.1. The van der Waals surface area contributed by atoms with Crippen molar-refractivity contribution in [3.63, 3.8) is 0 Å². The van der Waals surface area contributed by atoms with Gasteiger partial charge in [0.25, 0.3) is 0 Å². The molecule has 8 atom stereocenters. The molecule has 4 saturated carbocycles. The highest BCUT2D eigenvalue weighted by atomic mass is 16.7. The van der Waals surface area contributed by atoms with Crippen LogP contribution in [0.1, 0.15) is 90.0 Å². The first-order valence-electron chi connectivity index (χ1n) is 14.0. The largest absolute Gasteiger partial charge is 0.353 e. The normalized spacial score (nSPS) is 45.5. The first-order chi connectivity index (χ1) is 16.5. The van der Waals surface area contributed by atoms with E-state index in [2.05, 4.69) is 44.2 Å². The smallest absolute Gasteiger partial charge is 0.165 e. The fourth-order valence-corrected chi connectivity index (χ4v) is 8.93. The van der Waals surface area contributed by atoms with Gasteiger partial charge in [-0.25, -0.2) is 0 Å². The summed E-state index contributed by atoms with van der Waals surface area (Å²) in [5, 5.41) is 0. The predicted octanol–water partition coefficient (Wildman–Crippen LogP) is 7.20. The lowest BCUT2D eigenvalue weighted by Crippen LogP contribution is -2.54. The van der Waals surface area contributed by atoms with Crippen molar-refractivity contribution in [3.8, 4) is 0 Å².